The van der Waals surface area contributed by atoms with Crippen molar-refractivity contribution in [2.24, 2.45) is 10.9 Å². The molecule has 5 N–H and O–H groups in total. The Kier molecular flexibility index (Phi) is 4.39. The zero-order valence-corrected chi connectivity index (χ0v) is 11.0. The van der Waals surface area contributed by atoms with Crippen LogP contribution in [0.5, 0.6) is 0 Å². The SMILES string of the molecule is NC(=NO)c1ccc(CNC2(CO)CCCC2)cc1. The molecule has 5 nitrogen and oxygen atoms in total. The van der Waals surface area contributed by atoms with E-state index in [1.54, 1.807) is 0 Å². The highest BCUT2D eigenvalue weighted by Gasteiger charge is 2.32. The number of hydrogen-bond donors (Lipinski definition) is 4. The molecule has 1 fully saturated rings. The molecule has 0 aromatic heterocycles. The van der Waals surface area contributed by atoms with Gasteiger partial charge in [-0.15, -0.1) is 0 Å². The lowest BCUT2D eigenvalue weighted by Gasteiger charge is -2.28. The Labute approximate surface area is 113 Å². The Morgan fingerprint density at radius 1 is 1.26 bits per heavy atom. The maximum Gasteiger partial charge on any atom is 0.170 e. The van der Waals surface area contributed by atoms with Crippen molar-refractivity contribution in [2.75, 3.05) is 6.61 Å². The van der Waals surface area contributed by atoms with Gasteiger partial charge in [-0.2, -0.15) is 0 Å². The monoisotopic (exact) mass is 263 g/mol. The normalized spacial score (nSPS) is 18.7. The standard InChI is InChI=1S/C14H21N3O2/c15-13(17-19)12-5-3-11(4-6-12)9-16-14(10-18)7-1-2-8-14/h3-6,16,18-19H,1-2,7-10H2,(H2,15,17). The summed E-state index contributed by atoms with van der Waals surface area (Å²) < 4.78 is 0. The summed E-state index contributed by atoms with van der Waals surface area (Å²) in [7, 11) is 0. The van der Waals surface area contributed by atoms with Crippen LogP contribution < -0.4 is 11.1 Å². The molecule has 0 saturated heterocycles. The molecule has 1 aromatic rings. The third kappa shape index (κ3) is 3.24. The maximum absolute atomic E-state index is 9.52. The van der Waals surface area contributed by atoms with Gasteiger partial charge in [0.05, 0.1) is 6.61 Å². The van der Waals surface area contributed by atoms with E-state index in [4.69, 9.17) is 10.9 Å². The van der Waals surface area contributed by atoms with Crippen molar-refractivity contribution < 1.29 is 10.3 Å². The maximum atomic E-state index is 9.52. The zero-order valence-electron chi connectivity index (χ0n) is 11.0. The van der Waals surface area contributed by atoms with Gasteiger partial charge in [0.15, 0.2) is 5.84 Å². The van der Waals surface area contributed by atoms with E-state index in [1.165, 1.54) is 12.8 Å². The molecule has 1 saturated carbocycles. The van der Waals surface area contributed by atoms with Crippen LogP contribution in [0.25, 0.3) is 0 Å². The van der Waals surface area contributed by atoms with E-state index in [-0.39, 0.29) is 18.0 Å². The molecule has 19 heavy (non-hydrogen) atoms. The van der Waals surface area contributed by atoms with Crippen LogP contribution >= 0.6 is 0 Å². The van der Waals surface area contributed by atoms with Crippen LogP contribution in [-0.4, -0.2) is 28.3 Å². The molecule has 0 heterocycles. The molecule has 1 aliphatic rings. The molecule has 0 bridgehead atoms. The van der Waals surface area contributed by atoms with Crippen LogP contribution in [0.4, 0.5) is 0 Å². The Balaban J connectivity index is 1.96. The fourth-order valence-corrected chi connectivity index (χ4v) is 2.58. The van der Waals surface area contributed by atoms with Gasteiger partial charge < -0.3 is 21.4 Å². The quantitative estimate of drug-likeness (QED) is 0.278. The Hall–Kier alpha value is -1.59. The molecule has 1 aliphatic carbocycles. The summed E-state index contributed by atoms with van der Waals surface area (Å²) in [6.07, 6.45) is 4.42. The van der Waals surface area contributed by atoms with E-state index in [1.807, 2.05) is 24.3 Å². The lowest BCUT2D eigenvalue weighted by molar-refractivity contribution is 0.163. The van der Waals surface area contributed by atoms with E-state index in [2.05, 4.69) is 10.5 Å². The highest BCUT2D eigenvalue weighted by Crippen LogP contribution is 2.29. The second kappa shape index (κ2) is 6.04. The van der Waals surface area contributed by atoms with Crippen molar-refractivity contribution in [1.29, 1.82) is 0 Å². The lowest BCUT2D eigenvalue weighted by atomic mass is 9.98. The number of nitrogens with zero attached hydrogens (tertiary/aromatic N) is 1. The molecule has 0 atom stereocenters. The molecule has 0 aliphatic heterocycles. The van der Waals surface area contributed by atoms with E-state index in [9.17, 15) is 5.11 Å². The second-order valence-corrected chi connectivity index (χ2v) is 5.18. The lowest BCUT2D eigenvalue weighted by Crippen LogP contribution is -2.45. The number of nitrogens with two attached hydrogens (primary N) is 1. The van der Waals surface area contributed by atoms with Gasteiger partial charge in [0, 0.05) is 17.6 Å². The van der Waals surface area contributed by atoms with Gasteiger partial charge in [-0.05, 0) is 18.4 Å². The third-order valence-corrected chi connectivity index (χ3v) is 3.89. The average Bonchev–Trinajstić information content (AvgIpc) is 2.94. The molecular formula is C14H21N3O2. The van der Waals surface area contributed by atoms with Crippen molar-refractivity contribution in [3.63, 3.8) is 0 Å². The van der Waals surface area contributed by atoms with Crippen molar-refractivity contribution in [2.45, 2.75) is 37.8 Å². The molecule has 2 rings (SSSR count). The second-order valence-electron chi connectivity index (χ2n) is 5.18. The minimum absolute atomic E-state index is 0.107. The molecule has 5 heteroatoms. The van der Waals surface area contributed by atoms with E-state index < -0.39 is 0 Å². The summed E-state index contributed by atoms with van der Waals surface area (Å²) in [5.41, 5.74) is 7.22. The number of aliphatic hydroxyl groups excluding tert-OH is 1. The summed E-state index contributed by atoms with van der Waals surface area (Å²) in [4.78, 5) is 0. The summed E-state index contributed by atoms with van der Waals surface area (Å²) in [6.45, 7) is 0.909. The Morgan fingerprint density at radius 3 is 2.42 bits per heavy atom. The van der Waals surface area contributed by atoms with Gasteiger partial charge in [0.25, 0.3) is 0 Å². The summed E-state index contributed by atoms with van der Waals surface area (Å²) in [5, 5.41) is 24.5. The highest BCUT2D eigenvalue weighted by molar-refractivity contribution is 5.96. The molecule has 104 valence electrons. The third-order valence-electron chi connectivity index (χ3n) is 3.89. The first-order chi connectivity index (χ1) is 9.19. The van der Waals surface area contributed by atoms with Gasteiger partial charge in [0.1, 0.15) is 0 Å². The van der Waals surface area contributed by atoms with Gasteiger partial charge in [-0.1, -0.05) is 42.3 Å². The molecule has 0 unspecified atom stereocenters. The van der Waals surface area contributed by atoms with Crippen LogP contribution in [0.3, 0.4) is 0 Å². The number of nitrogens with one attached hydrogen (secondary N) is 1. The van der Waals surface area contributed by atoms with Crippen molar-refractivity contribution >= 4 is 5.84 Å². The van der Waals surface area contributed by atoms with Gasteiger partial charge in [-0.25, -0.2) is 0 Å². The van der Waals surface area contributed by atoms with Crippen molar-refractivity contribution in [3.8, 4) is 0 Å². The van der Waals surface area contributed by atoms with Crippen LogP contribution in [-0.2, 0) is 6.54 Å². The van der Waals surface area contributed by atoms with Gasteiger partial charge in [0.2, 0.25) is 0 Å². The number of hydrogen-bond acceptors (Lipinski definition) is 4. The first kappa shape index (κ1) is 13.8. The Morgan fingerprint density at radius 2 is 1.89 bits per heavy atom. The zero-order chi connectivity index (χ0) is 13.7. The number of aliphatic hydroxyl groups is 1. The first-order valence-electron chi connectivity index (χ1n) is 6.62. The molecule has 0 amide bonds. The van der Waals surface area contributed by atoms with Crippen molar-refractivity contribution in [3.05, 3.63) is 35.4 Å². The number of benzene rings is 1. The largest absolute Gasteiger partial charge is 0.409 e. The van der Waals surface area contributed by atoms with Gasteiger partial charge in [-0.3, -0.25) is 0 Å². The molecule has 0 spiro atoms. The van der Waals surface area contributed by atoms with Crippen LogP contribution in [0, 0.1) is 0 Å². The van der Waals surface area contributed by atoms with Gasteiger partial charge >= 0.3 is 0 Å². The van der Waals surface area contributed by atoms with E-state index in [0.717, 1.165) is 24.9 Å². The fraction of sp³-hybridized carbons (Fsp3) is 0.500. The van der Waals surface area contributed by atoms with Crippen LogP contribution in [0.1, 0.15) is 36.8 Å². The van der Waals surface area contributed by atoms with Crippen LogP contribution in [0.2, 0.25) is 0 Å². The van der Waals surface area contributed by atoms with Crippen molar-refractivity contribution in [1.82, 2.24) is 5.32 Å². The van der Waals surface area contributed by atoms with E-state index >= 15 is 0 Å². The number of oxime groups is 1. The average molecular weight is 263 g/mol. The van der Waals surface area contributed by atoms with E-state index in [0.29, 0.717) is 5.56 Å². The molecular weight excluding hydrogens is 242 g/mol. The fourth-order valence-electron chi connectivity index (χ4n) is 2.58. The predicted molar refractivity (Wildman–Crippen MR) is 74.1 cm³/mol. The summed E-state index contributed by atoms with van der Waals surface area (Å²) in [5.74, 6) is 0.113. The Bertz CT molecular complexity index is 437. The minimum atomic E-state index is -0.107. The first-order valence-corrected chi connectivity index (χ1v) is 6.62. The van der Waals surface area contributed by atoms with Crippen LogP contribution in [0.15, 0.2) is 29.4 Å². The number of rotatable bonds is 5. The highest BCUT2D eigenvalue weighted by atomic mass is 16.4. The smallest absolute Gasteiger partial charge is 0.170 e. The number of amidine groups is 1. The minimum Gasteiger partial charge on any atom is -0.409 e. The molecule has 0 radical (unpaired) electrons. The molecule has 1 aromatic carbocycles. The summed E-state index contributed by atoms with van der Waals surface area (Å²) >= 11 is 0. The summed E-state index contributed by atoms with van der Waals surface area (Å²) in [6, 6.07) is 7.54. The topological polar surface area (TPSA) is 90.9 Å². The predicted octanol–water partition coefficient (Wildman–Crippen LogP) is 1.18.